The molecule has 1 amide bonds. The van der Waals surface area contributed by atoms with Crippen LogP contribution >= 0.6 is 11.6 Å². The van der Waals surface area contributed by atoms with Crippen LogP contribution in [0, 0.1) is 27.2 Å². The largest absolute Gasteiger partial charge is 0.323 e. The zero-order valence-electron chi connectivity index (χ0n) is 11.7. The summed E-state index contributed by atoms with van der Waals surface area (Å²) in [5.74, 6) is -0.579. The maximum Gasteiger partial charge on any atom is 0.309 e. The van der Waals surface area contributed by atoms with Crippen LogP contribution in [0.25, 0.3) is 0 Å². The van der Waals surface area contributed by atoms with E-state index < -0.39 is 15.8 Å². The number of nitro groups is 2. The van der Waals surface area contributed by atoms with Gasteiger partial charge in [0.05, 0.1) is 20.6 Å². The highest BCUT2D eigenvalue weighted by atomic mass is 35.5. The van der Waals surface area contributed by atoms with Crippen LogP contribution < -0.4 is 5.32 Å². The van der Waals surface area contributed by atoms with E-state index in [0.717, 1.165) is 16.9 Å². The molecule has 0 saturated heterocycles. The standard InChI is InChI=1S/C12H10ClN5O5/c1-7-11(18(22)23)5-16(15-7)6-12(19)14-10-4-8(17(20)21)2-3-9(10)13/h2-5H,6H2,1H3,(H,14,19). The molecule has 10 nitrogen and oxygen atoms in total. The number of amides is 1. The molecule has 0 aliphatic rings. The minimum absolute atomic E-state index is 0.0734. The molecule has 0 fully saturated rings. The SMILES string of the molecule is Cc1nn(CC(=O)Nc2cc([N+](=O)[O-])ccc2Cl)cc1[N+](=O)[O-]. The molecular formula is C12H10ClN5O5. The number of hydrogen-bond acceptors (Lipinski definition) is 6. The van der Waals surface area contributed by atoms with Crippen molar-refractivity contribution in [1.29, 1.82) is 0 Å². The number of carbonyl (C=O) groups is 1. The summed E-state index contributed by atoms with van der Waals surface area (Å²) in [6.45, 7) is 1.15. The average Bonchev–Trinajstić information content (AvgIpc) is 2.81. The second-order valence-electron chi connectivity index (χ2n) is 4.52. The molecule has 0 aliphatic heterocycles. The Morgan fingerprint density at radius 2 is 2.04 bits per heavy atom. The van der Waals surface area contributed by atoms with Gasteiger partial charge < -0.3 is 5.32 Å². The summed E-state index contributed by atoms with van der Waals surface area (Å²) in [5, 5.41) is 27.8. The fourth-order valence-electron chi connectivity index (χ4n) is 1.83. The van der Waals surface area contributed by atoms with Gasteiger partial charge >= 0.3 is 5.69 Å². The molecule has 0 atom stereocenters. The topological polar surface area (TPSA) is 133 Å². The molecule has 0 unspecified atom stereocenters. The second-order valence-corrected chi connectivity index (χ2v) is 4.93. The lowest BCUT2D eigenvalue weighted by Crippen LogP contribution is -2.19. The minimum Gasteiger partial charge on any atom is -0.323 e. The van der Waals surface area contributed by atoms with Gasteiger partial charge in [-0.15, -0.1) is 0 Å². The number of non-ortho nitro benzene ring substituents is 1. The van der Waals surface area contributed by atoms with Crippen LogP contribution in [0.2, 0.25) is 5.02 Å². The zero-order chi connectivity index (χ0) is 17.1. The molecule has 1 aromatic carbocycles. The monoisotopic (exact) mass is 339 g/mol. The van der Waals surface area contributed by atoms with Crippen LogP contribution in [0.5, 0.6) is 0 Å². The lowest BCUT2D eigenvalue weighted by molar-refractivity contribution is -0.385. The fraction of sp³-hybridized carbons (Fsp3) is 0.167. The number of aryl methyl sites for hydroxylation is 1. The van der Waals surface area contributed by atoms with Crippen molar-refractivity contribution in [3.63, 3.8) is 0 Å². The van der Waals surface area contributed by atoms with Crippen molar-refractivity contribution in [1.82, 2.24) is 9.78 Å². The lowest BCUT2D eigenvalue weighted by atomic mass is 10.3. The first-order chi connectivity index (χ1) is 10.8. The number of nitro benzene ring substituents is 1. The van der Waals surface area contributed by atoms with E-state index in [-0.39, 0.29) is 34.3 Å². The van der Waals surface area contributed by atoms with Crippen LogP contribution in [0.4, 0.5) is 17.1 Å². The van der Waals surface area contributed by atoms with Gasteiger partial charge in [0.15, 0.2) is 0 Å². The van der Waals surface area contributed by atoms with E-state index in [1.165, 1.54) is 19.1 Å². The van der Waals surface area contributed by atoms with E-state index >= 15 is 0 Å². The van der Waals surface area contributed by atoms with Crippen molar-refractivity contribution in [3.8, 4) is 0 Å². The van der Waals surface area contributed by atoms with Gasteiger partial charge in [-0.3, -0.25) is 29.7 Å². The van der Waals surface area contributed by atoms with Crippen molar-refractivity contribution in [2.45, 2.75) is 13.5 Å². The van der Waals surface area contributed by atoms with E-state index in [4.69, 9.17) is 11.6 Å². The van der Waals surface area contributed by atoms with Gasteiger partial charge in [0.25, 0.3) is 5.69 Å². The number of aromatic nitrogens is 2. The lowest BCUT2D eigenvalue weighted by Gasteiger charge is -2.07. The van der Waals surface area contributed by atoms with Gasteiger partial charge in [-0.25, -0.2) is 0 Å². The Kier molecular flexibility index (Phi) is 4.55. The Morgan fingerprint density at radius 1 is 1.35 bits per heavy atom. The number of nitrogens with zero attached hydrogens (tertiary/aromatic N) is 4. The molecule has 0 radical (unpaired) electrons. The third-order valence-electron chi connectivity index (χ3n) is 2.86. The molecule has 0 aliphatic carbocycles. The van der Waals surface area contributed by atoms with E-state index in [9.17, 15) is 25.0 Å². The van der Waals surface area contributed by atoms with Gasteiger partial charge in [0.1, 0.15) is 18.4 Å². The van der Waals surface area contributed by atoms with Crippen LogP contribution in [-0.2, 0) is 11.3 Å². The van der Waals surface area contributed by atoms with Crippen LogP contribution in [0.1, 0.15) is 5.69 Å². The van der Waals surface area contributed by atoms with Gasteiger partial charge in [0.2, 0.25) is 5.91 Å². The molecule has 0 saturated carbocycles. The number of carbonyl (C=O) groups excluding carboxylic acids is 1. The molecule has 11 heteroatoms. The summed E-state index contributed by atoms with van der Waals surface area (Å²) in [6.07, 6.45) is 1.13. The molecule has 1 aromatic heterocycles. The van der Waals surface area contributed by atoms with Crippen LogP contribution in [-0.4, -0.2) is 25.5 Å². The summed E-state index contributed by atoms with van der Waals surface area (Å²) < 4.78 is 1.11. The van der Waals surface area contributed by atoms with E-state index in [0.29, 0.717) is 0 Å². The number of rotatable bonds is 5. The van der Waals surface area contributed by atoms with Crippen molar-refractivity contribution < 1.29 is 14.6 Å². The molecule has 120 valence electrons. The number of benzene rings is 1. The highest BCUT2D eigenvalue weighted by Gasteiger charge is 2.17. The Balaban J connectivity index is 2.14. The molecular weight excluding hydrogens is 330 g/mol. The average molecular weight is 340 g/mol. The first-order valence-electron chi connectivity index (χ1n) is 6.20. The minimum atomic E-state index is -0.619. The number of nitrogens with one attached hydrogen (secondary N) is 1. The zero-order valence-corrected chi connectivity index (χ0v) is 12.5. The molecule has 2 rings (SSSR count). The number of hydrogen-bond donors (Lipinski definition) is 1. The van der Waals surface area contributed by atoms with Gasteiger partial charge in [-0.2, -0.15) is 5.10 Å². The maximum absolute atomic E-state index is 11.9. The Morgan fingerprint density at radius 3 is 2.61 bits per heavy atom. The first kappa shape index (κ1) is 16.4. The van der Waals surface area contributed by atoms with Crippen molar-refractivity contribution >= 4 is 34.6 Å². The van der Waals surface area contributed by atoms with E-state index in [1.807, 2.05) is 0 Å². The molecule has 0 bridgehead atoms. The number of anilines is 1. The Bertz CT molecular complexity index is 803. The fourth-order valence-corrected chi connectivity index (χ4v) is 1.99. The predicted octanol–water partition coefficient (Wildman–Crippen LogP) is 2.30. The van der Waals surface area contributed by atoms with Crippen LogP contribution in [0.15, 0.2) is 24.4 Å². The molecule has 0 spiro atoms. The van der Waals surface area contributed by atoms with E-state index in [2.05, 4.69) is 10.4 Å². The highest BCUT2D eigenvalue weighted by molar-refractivity contribution is 6.33. The van der Waals surface area contributed by atoms with Gasteiger partial charge in [-0.1, -0.05) is 11.6 Å². The third kappa shape index (κ3) is 3.80. The van der Waals surface area contributed by atoms with Crippen molar-refractivity contribution in [3.05, 3.63) is 55.3 Å². The smallest absolute Gasteiger partial charge is 0.309 e. The third-order valence-corrected chi connectivity index (χ3v) is 3.19. The van der Waals surface area contributed by atoms with Gasteiger partial charge in [0, 0.05) is 12.1 Å². The summed E-state index contributed by atoms with van der Waals surface area (Å²) in [7, 11) is 0. The molecule has 23 heavy (non-hydrogen) atoms. The normalized spacial score (nSPS) is 10.3. The summed E-state index contributed by atoms with van der Waals surface area (Å²) >= 11 is 5.87. The van der Waals surface area contributed by atoms with Crippen molar-refractivity contribution in [2.24, 2.45) is 0 Å². The highest BCUT2D eigenvalue weighted by Crippen LogP contribution is 2.26. The summed E-state index contributed by atoms with van der Waals surface area (Å²) in [5.41, 5.74) is -0.179. The quantitative estimate of drug-likeness (QED) is 0.656. The predicted molar refractivity (Wildman–Crippen MR) is 80.4 cm³/mol. The van der Waals surface area contributed by atoms with Crippen molar-refractivity contribution in [2.75, 3.05) is 5.32 Å². The Labute approximate surface area is 134 Å². The molecule has 2 aromatic rings. The second kappa shape index (κ2) is 6.40. The van der Waals surface area contributed by atoms with Gasteiger partial charge in [-0.05, 0) is 13.0 Å². The summed E-state index contributed by atoms with van der Waals surface area (Å²) in [6, 6.07) is 3.62. The Hall–Kier alpha value is -3.01. The number of halogens is 1. The van der Waals surface area contributed by atoms with E-state index in [1.54, 1.807) is 0 Å². The summed E-state index contributed by atoms with van der Waals surface area (Å²) in [4.78, 5) is 32.2. The maximum atomic E-state index is 11.9. The van der Waals surface area contributed by atoms with Crippen LogP contribution in [0.3, 0.4) is 0 Å². The molecule has 1 N–H and O–H groups in total. The first-order valence-corrected chi connectivity index (χ1v) is 6.58. The molecule has 1 heterocycles.